The standard InChI is InChI=1S/C21H24F3N7O3/c1-3-14-9-25-20(26-10-14)31-6-4-15(5-7-31)8-17(32)30-34-12-13(2)28-16-11-27-29-19(33)18(16)21(22,23)24/h1,9-11,13,15H,4-8,12H2,2H3,(H,30,32)(H2,28,29,33)/t13-/m0/s1. The Morgan fingerprint density at radius 3 is 2.62 bits per heavy atom. The quantitative estimate of drug-likeness (QED) is 0.386. The molecular formula is C21H24F3N7O3. The van der Waals surface area contributed by atoms with Crippen molar-refractivity contribution in [3.8, 4) is 12.3 Å². The second-order valence-corrected chi connectivity index (χ2v) is 7.92. The number of nitrogens with zero attached hydrogens (tertiary/aromatic N) is 4. The summed E-state index contributed by atoms with van der Waals surface area (Å²) in [6.45, 7) is 2.81. The first-order valence-electron chi connectivity index (χ1n) is 10.5. The zero-order valence-electron chi connectivity index (χ0n) is 18.4. The highest BCUT2D eigenvalue weighted by atomic mass is 19.4. The Morgan fingerprint density at radius 1 is 1.32 bits per heavy atom. The molecule has 2 aromatic rings. The molecule has 13 heteroatoms. The van der Waals surface area contributed by atoms with E-state index in [9.17, 15) is 22.8 Å². The number of aromatic nitrogens is 4. The molecule has 1 aliphatic heterocycles. The van der Waals surface area contributed by atoms with E-state index in [-0.39, 0.29) is 24.9 Å². The van der Waals surface area contributed by atoms with E-state index in [1.807, 2.05) is 4.90 Å². The Kier molecular flexibility index (Phi) is 8.06. The maximum Gasteiger partial charge on any atom is 0.423 e. The molecule has 1 amide bonds. The van der Waals surface area contributed by atoms with Gasteiger partial charge >= 0.3 is 6.18 Å². The molecule has 0 bridgehead atoms. The van der Waals surface area contributed by atoms with Crippen molar-refractivity contribution < 1.29 is 22.8 Å². The summed E-state index contributed by atoms with van der Waals surface area (Å²) in [5.41, 5.74) is -0.265. The third kappa shape index (κ3) is 6.67. The first kappa shape index (κ1) is 25.0. The SMILES string of the molecule is C#Cc1cnc(N2CCC(CC(=O)NOC[C@H](C)Nc3cn[nH]c(=O)c3C(F)(F)F)CC2)nc1. The Balaban J connectivity index is 1.39. The lowest BCUT2D eigenvalue weighted by Crippen LogP contribution is -2.37. The maximum atomic E-state index is 13.1. The highest BCUT2D eigenvalue weighted by Gasteiger charge is 2.37. The highest BCUT2D eigenvalue weighted by Crippen LogP contribution is 2.31. The number of hydroxylamine groups is 1. The van der Waals surface area contributed by atoms with Crippen molar-refractivity contribution >= 4 is 17.5 Å². The largest absolute Gasteiger partial charge is 0.423 e. The number of alkyl halides is 3. The van der Waals surface area contributed by atoms with Gasteiger partial charge in [0.25, 0.3) is 5.56 Å². The van der Waals surface area contributed by atoms with Crippen LogP contribution in [0.2, 0.25) is 0 Å². The van der Waals surface area contributed by atoms with Crippen molar-refractivity contribution in [1.29, 1.82) is 0 Å². The molecule has 0 unspecified atom stereocenters. The summed E-state index contributed by atoms with van der Waals surface area (Å²) >= 11 is 0. The average molecular weight is 479 g/mol. The molecule has 0 radical (unpaired) electrons. The Hall–Kier alpha value is -3.66. The van der Waals surface area contributed by atoms with Crippen LogP contribution in [0.25, 0.3) is 0 Å². The topological polar surface area (TPSA) is 125 Å². The molecule has 1 fully saturated rings. The number of piperidine rings is 1. The number of carbonyl (C=O) groups is 1. The van der Waals surface area contributed by atoms with Crippen LogP contribution >= 0.6 is 0 Å². The lowest BCUT2D eigenvalue weighted by Gasteiger charge is -2.31. The number of hydrogen-bond acceptors (Lipinski definition) is 8. The molecule has 2 aromatic heterocycles. The van der Waals surface area contributed by atoms with Gasteiger partial charge in [0.1, 0.15) is 5.56 Å². The summed E-state index contributed by atoms with van der Waals surface area (Å²) in [6, 6.07) is -0.644. The van der Waals surface area contributed by atoms with Gasteiger partial charge < -0.3 is 10.2 Å². The van der Waals surface area contributed by atoms with Crippen LogP contribution in [0, 0.1) is 18.3 Å². The van der Waals surface area contributed by atoms with Crippen molar-refractivity contribution in [2.45, 2.75) is 38.4 Å². The Bertz CT molecular complexity index is 1070. The molecule has 0 aromatic carbocycles. The second-order valence-electron chi connectivity index (χ2n) is 7.92. The minimum atomic E-state index is -4.85. The number of H-pyrrole nitrogens is 1. The molecule has 0 aliphatic carbocycles. The Morgan fingerprint density at radius 2 is 2.00 bits per heavy atom. The molecule has 1 saturated heterocycles. The number of anilines is 2. The van der Waals surface area contributed by atoms with Crippen molar-refractivity contribution in [2.75, 3.05) is 29.9 Å². The lowest BCUT2D eigenvalue weighted by molar-refractivity contribution is -0.138. The number of terminal acetylenes is 1. The van der Waals surface area contributed by atoms with E-state index < -0.39 is 29.0 Å². The van der Waals surface area contributed by atoms with Crippen molar-refractivity contribution in [3.63, 3.8) is 0 Å². The van der Waals surface area contributed by atoms with Gasteiger partial charge in [0.05, 0.1) is 24.1 Å². The number of nitrogens with one attached hydrogen (secondary N) is 3. The summed E-state index contributed by atoms with van der Waals surface area (Å²) in [4.78, 5) is 39.4. The van der Waals surface area contributed by atoms with Gasteiger partial charge in [-0.1, -0.05) is 5.92 Å². The molecule has 34 heavy (non-hydrogen) atoms. The number of amides is 1. The van der Waals surface area contributed by atoms with Gasteiger partial charge in [-0.2, -0.15) is 18.3 Å². The van der Waals surface area contributed by atoms with Crippen LogP contribution in [0.1, 0.15) is 37.3 Å². The Labute approximate surface area is 193 Å². The third-order valence-electron chi connectivity index (χ3n) is 5.24. The molecule has 182 valence electrons. The number of rotatable bonds is 8. The summed E-state index contributed by atoms with van der Waals surface area (Å²) in [5, 5.41) is 7.68. The number of carbonyl (C=O) groups excluding carboxylic acids is 1. The van der Waals surface area contributed by atoms with Gasteiger partial charge in [0.2, 0.25) is 11.9 Å². The van der Waals surface area contributed by atoms with E-state index in [1.54, 1.807) is 24.4 Å². The summed E-state index contributed by atoms with van der Waals surface area (Å²) < 4.78 is 39.3. The third-order valence-corrected chi connectivity index (χ3v) is 5.24. The summed E-state index contributed by atoms with van der Waals surface area (Å²) in [6.07, 6.45) is 6.29. The van der Waals surface area contributed by atoms with Gasteiger partial charge in [-0.3, -0.25) is 14.4 Å². The maximum absolute atomic E-state index is 13.1. The van der Waals surface area contributed by atoms with Crippen molar-refractivity contribution in [3.05, 3.63) is 40.1 Å². The zero-order chi connectivity index (χ0) is 24.7. The fourth-order valence-electron chi connectivity index (χ4n) is 3.54. The minimum Gasteiger partial charge on any atom is -0.378 e. The number of halogens is 3. The van der Waals surface area contributed by atoms with Gasteiger partial charge in [-0.25, -0.2) is 20.5 Å². The van der Waals surface area contributed by atoms with E-state index in [4.69, 9.17) is 11.3 Å². The van der Waals surface area contributed by atoms with E-state index >= 15 is 0 Å². The molecule has 10 nitrogen and oxygen atoms in total. The fraction of sp³-hybridized carbons (Fsp3) is 0.476. The first-order valence-corrected chi connectivity index (χ1v) is 10.5. The molecule has 3 N–H and O–H groups in total. The van der Waals surface area contributed by atoms with E-state index in [0.29, 0.717) is 24.6 Å². The first-order chi connectivity index (χ1) is 16.2. The summed E-state index contributed by atoms with van der Waals surface area (Å²) in [5.74, 6) is 2.88. The smallest absolute Gasteiger partial charge is 0.378 e. The van der Waals surface area contributed by atoms with Crippen LogP contribution in [-0.2, 0) is 15.8 Å². The zero-order valence-corrected chi connectivity index (χ0v) is 18.4. The fourth-order valence-corrected chi connectivity index (χ4v) is 3.54. The van der Waals surface area contributed by atoms with Crippen LogP contribution < -0.4 is 21.3 Å². The molecule has 1 atom stereocenters. The van der Waals surface area contributed by atoms with Gasteiger partial charge in [0.15, 0.2) is 0 Å². The molecule has 1 aliphatic rings. The molecule has 0 saturated carbocycles. The predicted octanol–water partition coefficient (Wildman–Crippen LogP) is 1.71. The highest BCUT2D eigenvalue weighted by molar-refractivity contribution is 5.75. The second kappa shape index (κ2) is 11.0. The number of aromatic amines is 1. The van der Waals surface area contributed by atoms with Crippen LogP contribution in [-0.4, -0.2) is 51.8 Å². The predicted molar refractivity (Wildman–Crippen MR) is 117 cm³/mol. The van der Waals surface area contributed by atoms with Crippen molar-refractivity contribution in [1.82, 2.24) is 25.6 Å². The molecule has 0 spiro atoms. The lowest BCUT2D eigenvalue weighted by atomic mass is 9.93. The molecule has 3 heterocycles. The molecule has 3 rings (SSSR count). The monoisotopic (exact) mass is 479 g/mol. The van der Waals surface area contributed by atoms with Gasteiger partial charge in [-0.15, -0.1) is 6.42 Å². The van der Waals surface area contributed by atoms with E-state index in [2.05, 4.69) is 31.8 Å². The van der Waals surface area contributed by atoms with Gasteiger partial charge in [0, 0.05) is 37.9 Å². The van der Waals surface area contributed by atoms with E-state index in [1.165, 1.54) is 0 Å². The average Bonchev–Trinajstić information content (AvgIpc) is 2.79. The summed E-state index contributed by atoms with van der Waals surface area (Å²) in [7, 11) is 0. The van der Waals surface area contributed by atoms with Crippen LogP contribution in [0.4, 0.5) is 24.8 Å². The van der Waals surface area contributed by atoms with Crippen molar-refractivity contribution in [2.24, 2.45) is 5.92 Å². The van der Waals surface area contributed by atoms with Crippen LogP contribution in [0.3, 0.4) is 0 Å². The van der Waals surface area contributed by atoms with Gasteiger partial charge in [-0.05, 0) is 25.7 Å². The van der Waals surface area contributed by atoms with Crippen LogP contribution in [0.15, 0.2) is 23.4 Å². The van der Waals surface area contributed by atoms with Crippen LogP contribution in [0.5, 0.6) is 0 Å². The number of hydrogen-bond donors (Lipinski definition) is 3. The normalized spacial score (nSPS) is 15.4. The van der Waals surface area contributed by atoms with E-state index in [0.717, 1.165) is 19.0 Å². The molecular weight excluding hydrogens is 455 g/mol. The minimum absolute atomic E-state index is 0.126.